The van der Waals surface area contributed by atoms with Crippen LogP contribution in [0.2, 0.25) is 0 Å². The SMILES string of the molecule is CC1CN(Cc2ccccc2)CC(C)C1NC(=O)CC(N)c1ccccc1. The van der Waals surface area contributed by atoms with Crippen LogP contribution >= 0.6 is 0 Å². The Morgan fingerprint density at radius 3 is 2.19 bits per heavy atom. The normalized spacial score (nSPS) is 24.3. The number of carbonyl (C=O) groups is 1. The molecule has 3 rings (SSSR count). The van der Waals surface area contributed by atoms with Crippen molar-refractivity contribution in [3.8, 4) is 0 Å². The van der Waals surface area contributed by atoms with E-state index in [1.54, 1.807) is 0 Å². The Kier molecular flexibility index (Phi) is 6.64. The van der Waals surface area contributed by atoms with Crippen LogP contribution in [0.5, 0.6) is 0 Å². The van der Waals surface area contributed by atoms with Crippen LogP contribution in [0.3, 0.4) is 0 Å². The fourth-order valence-corrected chi connectivity index (χ4v) is 4.19. The molecule has 0 saturated carbocycles. The van der Waals surface area contributed by atoms with Crippen LogP contribution in [0, 0.1) is 11.8 Å². The molecule has 0 bridgehead atoms. The van der Waals surface area contributed by atoms with Crippen LogP contribution in [0.25, 0.3) is 0 Å². The molecule has 1 aliphatic rings. The lowest BCUT2D eigenvalue weighted by Gasteiger charge is -2.42. The van der Waals surface area contributed by atoms with Crippen molar-refractivity contribution < 1.29 is 4.79 Å². The third-order valence-electron chi connectivity index (χ3n) is 5.53. The fourth-order valence-electron chi connectivity index (χ4n) is 4.19. The number of amides is 1. The van der Waals surface area contributed by atoms with Gasteiger partial charge in [0.25, 0.3) is 0 Å². The summed E-state index contributed by atoms with van der Waals surface area (Å²) in [5.41, 5.74) is 8.56. The van der Waals surface area contributed by atoms with Gasteiger partial charge in [-0.25, -0.2) is 0 Å². The summed E-state index contributed by atoms with van der Waals surface area (Å²) in [4.78, 5) is 15.0. The third kappa shape index (κ3) is 5.41. The van der Waals surface area contributed by atoms with Gasteiger partial charge >= 0.3 is 0 Å². The summed E-state index contributed by atoms with van der Waals surface area (Å²) in [7, 11) is 0. The van der Waals surface area contributed by atoms with Crippen molar-refractivity contribution in [2.45, 2.75) is 38.9 Å². The molecule has 0 spiro atoms. The van der Waals surface area contributed by atoms with E-state index in [9.17, 15) is 4.79 Å². The second kappa shape index (κ2) is 9.16. The topological polar surface area (TPSA) is 58.4 Å². The summed E-state index contributed by atoms with van der Waals surface area (Å²) in [6.45, 7) is 7.42. The van der Waals surface area contributed by atoms with Crippen molar-refractivity contribution in [3.63, 3.8) is 0 Å². The maximum atomic E-state index is 12.6. The molecular formula is C23H31N3O. The minimum Gasteiger partial charge on any atom is -0.353 e. The van der Waals surface area contributed by atoms with Gasteiger partial charge in [0.1, 0.15) is 0 Å². The van der Waals surface area contributed by atoms with Crippen LogP contribution in [0.1, 0.15) is 37.4 Å². The molecular weight excluding hydrogens is 334 g/mol. The van der Waals surface area contributed by atoms with Crippen LogP contribution in [-0.2, 0) is 11.3 Å². The molecule has 1 saturated heterocycles. The summed E-state index contributed by atoms with van der Waals surface area (Å²) in [5.74, 6) is 0.871. The first kappa shape index (κ1) is 19.6. The van der Waals surface area contributed by atoms with Gasteiger partial charge in [0, 0.05) is 38.1 Å². The summed E-state index contributed by atoms with van der Waals surface area (Å²) in [5, 5.41) is 3.26. The van der Waals surface area contributed by atoms with Gasteiger partial charge in [-0.3, -0.25) is 9.69 Å². The molecule has 27 heavy (non-hydrogen) atoms. The Morgan fingerprint density at radius 2 is 1.59 bits per heavy atom. The monoisotopic (exact) mass is 365 g/mol. The lowest BCUT2D eigenvalue weighted by atomic mass is 9.85. The van der Waals surface area contributed by atoms with Gasteiger partial charge in [0.15, 0.2) is 0 Å². The lowest BCUT2D eigenvalue weighted by molar-refractivity contribution is -0.123. The van der Waals surface area contributed by atoms with E-state index in [4.69, 9.17) is 5.73 Å². The number of hydrogen-bond acceptors (Lipinski definition) is 3. The average molecular weight is 366 g/mol. The molecule has 3 atom stereocenters. The molecule has 1 heterocycles. The Labute approximate surface area is 162 Å². The Balaban J connectivity index is 1.52. The molecule has 0 radical (unpaired) electrons. The molecule has 2 aromatic carbocycles. The number of nitrogens with one attached hydrogen (secondary N) is 1. The van der Waals surface area contributed by atoms with Crippen LogP contribution in [0.15, 0.2) is 60.7 Å². The van der Waals surface area contributed by atoms with Gasteiger partial charge in [-0.15, -0.1) is 0 Å². The number of rotatable bonds is 6. The maximum Gasteiger partial charge on any atom is 0.222 e. The smallest absolute Gasteiger partial charge is 0.222 e. The van der Waals surface area contributed by atoms with Crippen molar-refractivity contribution in [3.05, 3.63) is 71.8 Å². The van der Waals surface area contributed by atoms with E-state index in [1.807, 2.05) is 30.3 Å². The van der Waals surface area contributed by atoms with E-state index in [1.165, 1.54) is 5.56 Å². The highest BCUT2D eigenvalue weighted by molar-refractivity contribution is 5.77. The minimum absolute atomic E-state index is 0.0477. The lowest BCUT2D eigenvalue weighted by Crippen LogP contribution is -2.54. The zero-order chi connectivity index (χ0) is 19.2. The van der Waals surface area contributed by atoms with Gasteiger partial charge in [-0.2, -0.15) is 0 Å². The number of nitrogens with zero attached hydrogens (tertiary/aromatic N) is 1. The molecule has 0 aliphatic carbocycles. The van der Waals surface area contributed by atoms with Gasteiger partial charge < -0.3 is 11.1 Å². The predicted octanol–water partition coefficient (Wildman–Crippen LogP) is 3.35. The van der Waals surface area contributed by atoms with Crippen molar-refractivity contribution in [1.29, 1.82) is 0 Å². The summed E-state index contributed by atoms with van der Waals surface area (Å²) < 4.78 is 0. The highest BCUT2D eigenvalue weighted by Gasteiger charge is 2.33. The Hall–Kier alpha value is -2.17. The molecule has 4 heteroatoms. The van der Waals surface area contributed by atoms with E-state index < -0.39 is 0 Å². The van der Waals surface area contributed by atoms with E-state index in [0.29, 0.717) is 18.3 Å². The standard InChI is InChI=1S/C23H31N3O/c1-17-14-26(16-19-9-5-3-6-10-19)15-18(2)23(17)25-22(27)13-21(24)20-11-7-4-8-12-20/h3-12,17-18,21,23H,13-16,24H2,1-2H3,(H,25,27). The number of carbonyl (C=O) groups excluding carboxylic acids is 1. The molecule has 3 N–H and O–H groups in total. The van der Waals surface area contributed by atoms with E-state index >= 15 is 0 Å². The third-order valence-corrected chi connectivity index (χ3v) is 5.53. The molecule has 2 aromatic rings. The van der Waals surface area contributed by atoms with Crippen LogP contribution in [0.4, 0.5) is 0 Å². The fraction of sp³-hybridized carbons (Fsp3) is 0.435. The van der Waals surface area contributed by atoms with E-state index in [0.717, 1.165) is 25.2 Å². The van der Waals surface area contributed by atoms with Gasteiger partial charge in [-0.1, -0.05) is 74.5 Å². The summed E-state index contributed by atoms with van der Waals surface area (Å²) in [6.07, 6.45) is 0.327. The maximum absolute atomic E-state index is 12.6. The second-order valence-corrected chi connectivity index (χ2v) is 7.95. The zero-order valence-corrected chi connectivity index (χ0v) is 16.3. The number of hydrogen-bond donors (Lipinski definition) is 2. The Bertz CT molecular complexity index is 707. The average Bonchev–Trinajstić information content (AvgIpc) is 2.66. The number of piperidine rings is 1. The molecule has 0 aromatic heterocycles. The van der Waals surface area contributed by atoms with Gasteiger partial charge in [-0.05, 0) is 23.0 Å². The molecule has 3 unspecified atom stereocenters. The summed E-state index contributed by atoms with van der Waals surface area (Å²) >= 11 is 0. The molecule has 1 aliphatic heterocycles. The van der Waals surface area contributed by atoms with Crippen molar-refractivity contribution in [2.75, 3.05) is 13.1 Å². The first-order valence-electron chi connectivity index (χ1n) is 9.89. The first-order valence-corrected chi connectivity index (χ1v) is 9.89. The van der Waals surface area contributed by atoms with Crippen molar-refractivity contribution in [1.82, 2.24) is 10.2 Å². The predicted molar refractivity (Wildman–Crippen MR) is 110 cm³/mol. The highest BCUT2D eigenvalue weighted by Crippen LogP contribution is 2.24. The number of benzene rings is 2. The molecule has 1 amide bonds. The van der Waals surface area contributed by atoms with Crippen LogP contribution in [-0.4, -0.2) is 29.9 Å². The van der Waals surface area contributed by atoms with Gasteiger partial charge in [0.05, 0.1) is 0 Å². The number of likely N-dealkylation sites (tertiary alicyclic amines) is 1. The van der Waals surface area contributed by atoms with Crippen molar-refractivity contribution in [2.24, 2.45) is 17.6 Å². The highest BCUT2D eigenvalue weighted by atomic mass is 16.1. The van der Waals surface area contributed by atoms with Crippen molar-refractivity contribution >= 4 is 5.91 Å². The molecule has 4 nitrogen and oxygen atoms in total. The van der Waals surface area contributed by atoms with Gasteiger partial charge in [0.2, 0.25) is 5.91 Å². The second-order valence-electron chi connectivity index (χ2n) is 7.95. The zero-order valence-electron chi connectivity index (χ0n) is 16.3. The minimum atomic E-state index is -0.255. The van der Waals surface area contributed by atoms with E-state index in [2.05, 4.69) is 54.4 Å². The first-order chi connectivity index (χ1) is 13.0. The summed E-state index contributed by atoms with van der Waals surface area (Å²) in [6, 6.07) is 20.4. The molecule has 1 fully saturated rings. The largest absolute Gasteiger partial charge is 0.353 e. The quantitative estimate of drug-likeness (QED) is 0.825. The number of nitrogens with two attached hydrogens (primary N) is 1. The molecule has 144 valence electrons. The van der Waals surface area contributed by atoms with Crippen LogP contribution < -0.4 is 11.1 Å². The Morgan fingerprint density at radius 1 is 1.04 bits per heavy atom. The van der Waals surface area contributed by atoms with E-state index in [-0.39, 0.29) is 18.0 Å².